The van der Waals surface area contributed by atoms with Gasteiger partial charge in [-0.15, -0.1) is 11.3 Å². The minimum atomic E-state index is -0.481. The lowest BCUT2D eigenvalue weighted by Gasteiger charge is -2.18. The highest BCUT2D eigenvalue weighted by Crippen LogP contribution is 2.27. The van der Waals surface area contributed by atoms with Gasteiger partial charge >= 0.3 is 5.97 Å². The van der Waals surface area contributed by atoms with Gasteiger partial charge in [-0.3, -0.25) is 14.6 Å². The first-order valence-corrected chi connectivity index (χ1v) is 9.21. The third-order valence-electron chi connectivity index (χ3n) is 3.99. The third kappa shape index (κ3) is 4.57. The van der Waals surface area contributed by atoms with E-state index in [2.05, 4.69) is 15.3 Å². The van der Waals surface area contributed by atoms with E-state index in [0.29, 0.717) is 15.6 Å². The van der Waals surface area contributed by atoms with Gasteiger partial charge in [-0.2, -0.15) is 0 Å². The van der Waals surface area contributed by atoms with Gasteiger partial charge in [0.15, 0.2) is 0 Å². The summed E-state index contributed by atoms with van der Waals surface area (Å²) in [6.07, 6.45) is 1.74. The van der Waals surface area contributed by atoms with E-state index in [0.717, 1.165) is 11.3 Å². The molecule has 0 unspecified atom stereocenters. The second-order valence-electron chi connectivity index (χ2n) is 5.87. The molecule has 27 heavy (non-hydrogen) atoms. The number of hydrogen-bond donors (Lipinski definition) is 1. The molecule has 0 aliphatic rings. The summed E-state index contributed by atoms with van der Waals surface area (Å²) in [5.41, 5.74) is 2.19. The number of rotatable bonds is 6. The largest absolute Gasteiger partial charge is 0.469 e. The zero-order chi connectivity index (χ0) is 19.2. The molecule has 0 aliphatic carbocycles. The first kappa shape index (κ1) is 18.7. The van der Waals surface area contributed by atoms with Crippen molar-refractivity contribution in [1.82, 2.24) is 15.3 Å². The number of carbonyl (C=O) groups is 2. The number of nitrogens with one attached hydrogen (secondary N) is 1. The van der Waals surface area contributed by atoms with Crippen molar-refractivity contribution in [1.29, 1.82) is 0 Å². The molecule has 0 fully saturated rings. The first-order valence-electron chi connectivity index (χ1n) is 8.40. The van der Waals surface area contributed by atoms with Crippen LogP contribution < -0.4 is 5.32 Å². The quantitative estimate of drug-likeness (QED) is 0.661. The number of aryl methyl sites for hydroxylation is 1. The van der Waals surface area contributed by atoms with E-state index < -0.39 is 6.04 Å². The summed E-state index contributed by atoms with van der Waals surface area (Å²) < 4.78 is 4.77. The number of aromatic nitrogens is 2. The highest BCUT2D eigenvalue weighted by molar-refractivity contribution is 7.17. The van der Waals surface area contributed by atoms with Crippen LogP contribution in [0, 0.1) is 6.92 Å². The number of ether oxygens (including phenoxy) is 1. The summed E-state index contributed by atoms with van der Waals surface area (Å²) in [7, 11) is 1.33. The molecule has 1 aromatic carbocycles. The van der Waals surface area contributed by atoms with Crippen LogP contribution in [0.25, 0.3) is 10.7 Å². The molecule has 1 atom stereocenters. The standard InChI is InChI=1S/C20H19N3O3S/c1-13-18(27-20(22-13)15-10-6-7-11-21-15)19(25)23-16(12-17(24)26-2)14-8-4-3-5-9-14/h3-11,16H,12H2,1-2H3,(H,23,25)/t16-/m0/s1. The highest BCUT2D eigenvalue weighted by atomic mass is 32.1. The Morgan fingerprint density at radius 2 is 1.89 bits per heavy atom. The van der Waals surface area contributed by atoms with Crippen LogP contribution >= 0.6 is 11.3 Å². The molecule has 3 rings (SSSR count). The lowest BCUT2D eigenvalue weighted by atomic mass is 10.0. The van der Waals surface area contributed by atoms with E-state index >= 15 is 0 Å². The summed E-state index contributed by atoms with van der Waals surface area (Å²) in [6.45, 7) is 1.79. The lowest BCUT2D eigenvalue weighted by molar-refractivity contribution is -0.141. The topological polar surface area (TPSA) is 81.2 Å². The Morgan fingerprint density at radius 1 is 1.15 bits per heavy atom. The van der Waals surface area contributed by atoms with Gasteiger partial charge in [0, 0.05) is 6.20 Å². The van der Waals surface area contributed by atoms with Gasteiger partial charge in [-0.05, 0) is 24.6 Å². The van der Waals surface area contributed by atoms with Crippen molar-refractivity contribution >= 4 is 23.2 Å². The van der Waals surface area contributed by atoms with Crippen molar-refractivity contribution in [2.45, 2.75) is 19.4 Å². The van der Waals surface area contributed by atoms with E-state index in [1.54, 1.807) is 13.1 Å². The summed E-state index contributed by atoms with van der Waals surface area (Å²) in [5, 5.41) is 3.61. The molecule has 0 spiro atoms. The Balaban J connectivity index is 1.83. The molecule has 1 N–H and O–H groups in total. The molecular weight excluding hydrogens is 362 g/mol. The number of methoxy groups -OCH3 is 1. The average molecular weight is 381 g/mol. The Labute approximate surface area is 161 Å². The predicted octanol–water partition coefficient (Wildman–Crippen LogP) is 3.55. The lowest BCUT2D eigenvalue weighted by Crippen LogP contribution is -2.30. The third-order valence-corrected chi connectivity index (χ3v) is 5.17. The summed E-state index contributed by atoms with van der Waals surface area (Å²) in [6, 6.07) is 14.4. The predicted molar refractivity (Wildman–Crippen MR) is 103 cm³/mol. The fourth-order valence-corrected chi connectivity index (χ4v) is 3.56. The maximum Gasteiger partial charge on any atom is 0.307 e. The molecule has 7 heteroatoms. The van der Waals surface area contributed by atoms with E-state index in [-0.39, 0.29) is 18.3 Å². The number of hydrogen-bond acceptors (Lipinski definition) is 6. The smallest absolute Gasteiger partial charge is 0.307 e. The molecule has 6 nitrogen and oxygen atoms in total. The Hall–Kier alpha value is -3.06. The fraction of sp³-hybridized carbons (Fsp3) is 0.200. The molecule has 138 valence electrons. The van der Waals surface area contributed by atoms with E-state index in [1.807, 2.05) is 48.5 Å². The Kier molecular flexibility index (Phi) is 5.93. The minimum absolute atomic E-state index is 0.0528. The molecule has 0 aliphatic heterocycles. The van der Waals surface area contributed by atoms with Crippen molar-refractivity contribution in [3.8, 4) is 10.7 Å². The van der Waals surface area contributed by atoms with Crippen LogP contribution in [0.4, 0.5) is 0 Å². The second kappa shape index (κ2) is 8.55. The number of pyridine rings is 1. The number of thiazole rings is 1. The van der Waals surface area contributed by atoms with Crippen LogP contribution in [0.3, 0.4) is 0 Å². The van der Waals surface area contributed by atoms with Gasteiger partial charge in [0.05, 0.1) is 31.0 Å². The molecule has 0 saturated heterocycles. The molecule has 3 aromatic rings. The van der Waals surface area contributed by atoms with Crippen LogP contribution in [0.2, 0.25) is 0 Å². The average Bonchev–Trinajstić information content (AvgIpc) is 3.10. The van der Waals surface area contributed by atoms with Crippen LogP contribution in [-0.2, 0) is 9.53 Å². The normalized spacial score (nSPS) is 11.6. The van der Waals surface area contributed by atoms with Gasteiger partial charge in [-0.1, -0.05) is 36.4 Å². The molecule has 2 heterocycles. The van der Waals surface area contributed by atoms with Crippen molar-refractivity contribution in [2.75, 3.05) is 7.11 Å². The first-order chi connectivity index (χ1) is 13.1. The molecular formula is C20H19N3O3S. The van der Waals surface area contributed by atoms with Crippen LogP contribution in [0.5, 0.6) is 0 Å². The maximum absolute atomic E-state index is 12.9. The molecule has 1 amide bonds. The molecule has 0 saturated carbocycles. The number of esters is 1. The van der Waals surface area contributed by atoms with Gasteiger partial charge in [0.25, 0.3) is 5.91 Å². The van der Waals surface area contributed by atoms with Gasteiger partial charge in [-0.25, -0.2) is 4.98 Å². The van der Waals surface area contributed by atoms with E-state index in [4.69, 9.17) is 4.74 Å². The van der Waals surface area contributed by atoms with Crippen molar-refractivity contribution in [2.24, 2.45) is 0 Å². The van der Waals surface area contributed by atoms with Gasteiger partial charge < -0.3 is 10.1 Å². The summed E-state index contributed by atoms with van der Waals surface area (Å²) >= 11 is 1.28. The molecule has 0 bridgehead atoms. The van der Waals surface area contributed by atoms with Crippen molar-refractivity contribution < 1.29 is 14.3 Å². The Morgan fingerprint density at radius 3 is 2.56 bits per heavy atom. The van der Waals surface area contributed by atoms with Crippen molar-refractivity contribution in [3.05, 3.63) is 70.9 Å². The SMILES string of the molecule is COC(=O)C[C@H](NC(=O)c1sc(-c2ccccn2)nc1C)c1ccccc1. The van der Waals surface area contributed by atoms with Gasteiger partial charge in [0.1, 0.15) is 9.88 Å². The number of benzene rings is 1. The maximum atomic E-state index is 12.9. The van der Waals surface area contributed by atoms with Crippen LogP contribution in [0.1, 0.15) is 33.4 Å². The zero-order valence-corrected chi connectivity index (χ0v) is 15.8. The second-order valence-corrected chi connectivity index (χ2v) is 6.86. The van der Waals surface area contributed by atoms with E-state index in [1.165, 1.54) is 18.4 Å². The monoisotopic (exact) mass is 381 g/mol. The van der Waals surface area contributed by atoms with Crippen molar-refractivity contribution in [3.63, 3.8) is 0 Å². The zero-order valence-electron chi connectivity index (χ0n) is 15.0. The summed E-state index contributed by atoms with van der Waals surface area (Å²) in [5.74, 6) is -0.663. The summed E-state index contributed by atoms with van der Waals surface area (Å²) in [4.78, 5) is 33.9. The number of amides is 1. The van der Waals surface area contributed by atoms with E-state index in [9.17, 15) is 9.59 Å². The van der Waals surface area contributed by atoms with Crippen LogP contribution in [-0.4, -0.2) is 29.0 Å². The van der Waals surface area contributed by atoms with Crippen LogP contribution in [0.15, 0.2) is 54.7 Å². The number of nitrogens with zero attached hydrogens (tertiary/aromatic N) is 2. The van der Waals surface area contributed by atoms with Gasteiger partial charge in [0.2, 0.25) is 0 Å². The highest BCUT2D eigenvalue weighted by Gasteiger charge is 2.23. The minimum Gasteiger partial charge on any atom is -0.469 e. The fourth-order valence-electron chi connectivity index (χ4n) is 2.62. The number of carbonyl (C=O) groups excluding carboxylic acids is 2. The molecule has 2 aromatic heterocycles. The molecule has 0 radical (unpaired) electrons. The Bertz CT molecular complexity index is 926.